The van der Waals surface area contributed by atoms with Gasteiger partial charge in [-0.1, -0.05) is 19.3 Å². The van der Waals surface area contributed by atoms with E-state index in [1.807, 2.05) is 0 Å². The van der Waals surface area contributed by atoms with E-state index in [1.54, 1.807) is 6.33 Å². The highest BCUT2D eigenvalue weighted by atomic mass is 16.2. The maximum atomic E-state index is 12.8. The Hall–Kier alpha value is -1.36. The third-order valence-corrected chi connectivity index (χ3v) is 4.67. The van der Waals surface area contributed by atoms with Crippen LogP contribution < -0.4 is 5.32 Å². The normalized spacial score (nSPS) is 23.4. The van der Waals surface area contributed by atoms with E-state index < -0.39 is 0 Å². The number of imidazole rings is 1. The molecule has 0 aromatic carbocycles. The molecule has 0 bridgehead atoms. The van der Waals surface area contributed by atoms with Gasteiger partial charge >= 0.3 is 0 Å². The average molecular weight is 276 g/mol. The van der Waals surface area contributed by atoms with Crippen LogP contribution in [-0.4, -0.2) is 39.4 Å². The van der Waals surface area contributed by atoms with Crippen molar-refractivity contribution in [3.63, 3.8) is 0 Å². The summed E-state index contributed by atoms with van der Waals surface area (Å²) in [6.07, 6.45) is 8.60. The number of carbonyl (C=O) groups excluding carboxylic acids is 1. The van der Waals surface area contributed by atoms with Gasteiger partial charge in [-0.05, 0) is 19.8 Å². The van der Waals surface area contributed by atoms with Crippen molar-refractivity contribution in [2.75, 3.05) is 6.54 Å². The van der Waals surface area contributed by atoms with Gasteiger partial charge < -0.3 is 9.88 Å². The van der Waals surface area contributed by atoms with Gasteiger partial charge in [0.25, 0.3) is 0 Å². The monoisotopic (exact) mass is 276 g/mol. The molecule has 20 heavy (non-hydrogen) atoms. The number of hydrogen-bond donors (Lipinski definition) is 2. The summed E-state index contributed by atoms with van der Waals surface area (Å²) in [6, 6.07) is 0.344. The number of fused-ring (bicyclic) bond motifs is 1. The second-order valence-electron chi connectivity index (χ2n) is 5.88. The Morgan fingerprint density at radius 3 is 2.95 bits per heavy atom. The number of nitrogens with one attached hydrogen (secondary N) is 2. The van der Waals surface area contributed by atoms with Crippen LogP contribution in [0.15, 0.2) is 6.33 Å². The maximum absolute atomic E-state index is 12.8. The quantitative estimate of drug-likeness (QED) is 0.881. The number of hydrogen-bond acceptors (Lipinski definition) is 3. The van der Waals surface area contributed by atoms with Gasteiger partial charge in [0.1, 0.15) is 0 Å². The largest absolute Gasteiger partial charge is 0.347 e. The minimum atomic E-state index is -0.104. The van der Waals surface area contributed by atoms with Crippen molar-refractivity contribution in [2.45, 2.75) is 64.1 Å². The smallest absolute Gasteiger partial charge is 0.240 e. The fourth-order valence-corrected chi connectivity index (χ4v) is 3.53. The first-order valence-electron chi connectivity index (χ1n) is 7.84. The number of aromatic amines is 1. The van der Waals surface area contributed by atoms with Crippen LogP contribution in [0, 0.1) is 0 Å². The number of aromatic nitrogens is 2. The van der Waals surface area contributed by atoms with Gasteiger partial charge in [0.2, 0.25) is 5.91 Å². The molecular formula is C15H24N4O. The van der Waals surface area contributed by atoms with Gasteiger partial charge in [-0.2, -0.15) is 0 Å². The van der Waals surface area contributed by atoms with Crippen molar-refractivity contribution >= 4 is 5.91 Å². The molecule has 1 aromatic heterocycles. The first kappa shape index (κ1) is 13.6. The number of H-pyrrole nitrogens is 1. The van der Waals surface area contributed by atoms with Crippen molar-refractivity contribution in [1.82, 2.24) is 20.2 Å². The Morgan fingerprint density at radius 2 is 2.20 bits per heavy atom. The van der Waals surface area contributed by atoms with Gasteiger partial charge in [0, 0.05) is 25.6 Å². The van der Waals surface area contributed by atoms with E-state index in [0.717, 1.165) is 17.9 Å². The molecule has 1 amide bonds. The van der Waals surface area contributed by atoms with Crippen LogP contribution in [0.3, 0.4) is 0 Å². The highest BCUT2D eigenvalue weighted by Gasteiger charge is 2.32. The summed E-state index contributed by atoms with van der Waals surface area (Å²) in [5.74, 6) is 0.257. The Kier molecular flexibility index (Phi) is 4.05. The fraction of sp³-hybridized carbons (Fsp3) is 0.733. The molecule has 0 spiro atoms. The van der Waals surface area contributed by atoms with Crippen molar-refractivity contribution in [2.24, 2.45) is 0 Å². The average Bonchev–Trinajstić information content (AvgIpc) is 2.96. The standard InChI is InChI=1S/C15H24N4O/c1-2-19(11-6-4-3-5-7-11)15(20)13-8-12-14(9-16-13)18-10-17-12/h10-11,13,16H,2-9H2,1H3,(H,17,18). The van der Waals surface area contributed by atoms with Crippen molar-refractivity contribution in [1.29, 1.82) is 0 Å². The predicted octanol–water partition coefficient (Wildman–Crippen LogP) is 1.61. The molecule has 5 nitrogen and oxygen atoms in total. The van der Waals surface area contributed by atoms with Crippen LogP contribution in [0.4, 0.5) is 0 Å². The maximum Gasteiger partial charge on any atom is 0.240 e. The second kappa shape index (κ2) is 5.95. The third-order valence-electron chi connectivity index (χ3n) is 4.67. The lowest BCUT2D eigenvalue weighted by Gasteiger charge is -2.36. The van der Waals surface area contributed by atoms with Crippen LogP contribution >= 0.6 is 0 Å². The molecule has 1 aliphatic heterocycles. The molecule has 2 heterocycles. The van der Waals surface area contributed by atoms with E-state index in [1.165, 1.54) is 32.1 Å². The van der Waals surface area contributed by atoms with E-state index in [2.05, 4.69) is 27.1 Å². The molecule has 1 aliphatic carbocycles. The van der Waals surface area contributed by atoms with Crippen LogP contribution in [0.1, 0.15) is 50.4 Å². The van der Waals surface area contributed by atoms with E-state index in [-0.39, 0.29) is 11.9 Å². The van der Waals surface area contributed by atoms with Crippen LogP contribution in [0.5, 0.6) is 0 Å². The SMILES string of the molecule is CCN(C(=O)C1Cc2nc[nH]c2CN1)C1CCCCC1. The molecule has 2 aliphatic rings. The molecule has 3 rings (SSSR count). The van der Waals surface area contributed by atoms with Gasteiger partial charge in [-0.25, -0.2) is 4.98 Å². The Morgan fingerprint density at radius 1 is 1.40 bits per heavy atom. The molecule has 110 valence electrons. The van der Waals surface area contributed by atoms with Crippen molar-refractivity contribution < 1.29 is 4.79 Å². The van der Waals surface area contributed by atoms with E-state index in [4.69, 9.17) is 0 Å². The summed E-state index contributed by atoms with van der Waals surface area (Å²) in [5, 5.41) is 3.35. The summed E-state index contributed by atoms with van der Waals surface area (Å²) in [6.45, 7) is 3.62. The summed E-state index contributed by atoms with van der Waals surface area (Å²) in [7, 11) is 0. The van der Waals surface area contributed by atoms with Crippen LogP contribution in [0.2, 0.25) is 0 Å². The van der Waals surface area contributed by atoms with Crippen molar-refractivity contribution in [3.05, 3.63) is 17.7 Å². The zero-order valence-corrected chi connectivity index (χ0v) is 12.2. The Bertz CT molecular complexity index is 464. The van der Waals surface area contributed by atoms with Gasteiger partial charge in [-0.3, -0.25) is 10.1 Å². The molecule has 1 unspecified atom stereocenters. The highest BCUT2D eigenvalue weighted by Crippen LogP contribution is 2.24. The molecule has 0 saturated heterocycles. The van der Waals surface area contributed by atoms with Crippen molar-refractivity contribution in [3.8, 4) is 0 Å². The number of nitrogens with zero attached hydrogens (tertiary/aromatic N) is 2. The predicted molar refractivity (Wildman–Crippen MR) is 77.2 cm³/mol. The molecule has 1 fully saturated rings. The highest BCUT2D eigenvalue weighted by molar-refractivity contribution is 5.82. The summed E-state index contributed by atoms with van der Waals surface area (Å²) >= 11 is 0. The van der Waals surface area contributed by atoms with Crippen LogP contribution in [0.25, 0.3) is 0 Å². The van der Waals surface area contributed by atoms with E-state index >= 15 is 0 Å². The lowest BCUT2D eigenvalue weighted by molar-refractivity contribution is -0.136. The number of amides is 1. The molecule has 0 radical (unpaired) electrons. The Balaban J connectivity index is 1.68. The summed E-state index contributed by atoms with van der Waals surface area (Å²) in [5.41, 5.74) is 2.16. The van der Waals surface area contributed by atoms with E-state index in [0.29, 0.717) is 19.0 Å². The first-order chi connectivity index (χ1) is 9.79. The van der Waals surface area contributed by atoms with E-state index in [9.17, 15) is 4.79 Å². The molecular weight excluding hydrogens is 252 g/mol. The molecule has 1 aromatic rings. The summed E-state index contributed by atoms with van der Waals surface area (Å²) in [4.78, 5) is 22.3. The lowest BCUT2D eigenvalue weighted by Crippen LogP contribution is -2.53. The van der Waals surface area contributed by atoms with Gasteiger partial charge in [0.05, 0.1) is 23.8 Å². The van der Waals surface area contributed by atoms with Gasteiger partial charge in [-0.15, -0.1) is 0 Å². The topological polar surface area (TPSA) is 61.0 Å². The number of likely N-dealkylation sites (N-methyl/N-ethyl adjacent to an activating group) is 1. The zero-order valence-electron chi connectivity index (χ0n) is 12.2. The third kappa shape index (κ3) is 2.59. The second-order valence-corrected chi connectivity index (χ2v) is 5.88. The fourth-order valence-electron chi connectivity index (χ4n) is 3.53. The minimum absolute atomic E-state index is 0.104. The minimum Gasteiger partial charge on any atom is -0.347 e. The molecule has 5 heteroatoms. The Labute approximate surface area is 120 Å². The molecule has 1 atom stereocenters. The molecule has 1 saturated carbocycles. The lowest BCUT2D eigenvalue weighted by atomic mass is 9.93. The number of carbonyl (C=O) groups is 1. The summed E-state index contributed by atoms with van der Waals surface area (Å²) < 4.78 is 0. The first-order valence-corrected chi connectivity index (χ1v) is 7.84. The molecule has 2 N–H and O–H groups in total. The van der Waals surface area contributed by atoms with Gasteiger partial charge in [0.15, 0.2) is 0 Å². The van der Waals surface area contributed by atoms with Crippen LogP contribution in [-0.2, 0) is 17.8 Å². The zero-order chi connectivity index (χ0) is 13.9. The number of rotatable bonds is 3.